The topological polar surface area (TPSA) is 104 Å². The van der Waals surface area contributed by atoms with E-state index in [4.69, 9.17) is 4.74 Å². The molecule has 3 rings (SSSR count). The van der Waals surface area contributed by atoms with Crippen LogP contribution in [0.4, 0.5) is 5.95 Å². The van der Waals surface area contributed by atoms with Gasteiger partial charge in [0, 0.05) is 13.6 Å². The maximum Gasteiger partial charge on any atom is 0.332 e. The number of allylic oxidation sites excluding steroid dienone is 1. The largest absolute Gasteiger partial charge is 0.468 e. The highest BCUT2D eigenvalue weighted by molar-refractivity contribution is 5.92. The SMILES string of the molecule is C=CCn1c(=O)c2c(nc3n2C(C)C(C)=NN3CC(=O)OC)n(C)c1=O. The van der Waals surface area contributed by atoms with Crippen molar-refractivity contribution in [2.45, 2.75) is 26.4 Å². The molecule has 0 fully saturated rings. The van der Waals surface area contributed by atoms with Crippen LogP contribution in [0.15, 0.2) is 27.3 Å². The molecule has 0 N–H and O–H groups in total. The second-order valence-electron chi connectivity index (χ2n) is 6.05. The summed E-state index contributed by atoms with van der Waals surface area (Å²) >= 11 is 0. The number of fused-ring (bicyclic) bond motifs is 3. The number of carbonyl (C=O) groups is 1. The zero-order valence-corrected chi connectivity index (χ0v) is 15.1. The predicted octanol–water partition coefficient (Wildman–Crippen LogP) is 0.0126. The van der Waals surface area contributed by atoms with Gasteiger partial charge in [0.1, 0.15) is 6.54 Å². The molecule has 0 aliphatic carbocycles. The van der Waals surface area contributed by atoms with Crippen molar-refractivity contribution in [2.75, 3.05) is 18.7 Å². The number of aromatic nitrogens is 4. The van der Waals surface area contributed by atoms with Gasteiger partial charge in [0.25, 0.3) is 5.56 Å². The number of esters is 1. The molecule has 1 aliphatic rings. The van der Waals surface area contributed by atoms with Crippen molar-refractivity contribution in [3.05, 3.63) is 33.5 Å². The third-order valence-electron chi connectivity index (χ3n) is 4.48. The number of imidazole rings is 1. The van der Waals surface area contributed by atoms with Gasteiger partial charge in [0.2, 0.25) is 5.95 Å². The van der Waals surface area contributed by atoms with Gasteiger partial charge in [0.05, 0.1) is 18.9 Å². The van der Waals surface area contributed by atoms with Gasteiger partial charge in [-0.2, -0.15) is 10.1 Å². The Morgan fingerprint density at radius 3 is 2.69 bits per heavy atom. The highest BCUT2D eigenvalue weighted by Gasteiger charge is 2.31. The van der Waals surface area contributed by atoms with E-state index in [0.717, 1.165) is 4.57 Å². The van der Waals surface area contributed by atoms with E-state index in [0.29, 0.717) is 11.7 Å². The molecule has 10 heteroatoms. The molecular weight excluding hydrogens is 340 g/mol. The van der Waals surface area contributed by atoms with Gasteiger partial charge in [-0.25, -0.2) is 9.80 Å². The van der Waals surface area contributed by atoms with E-state index in [-0.39, 0.29) is 30.3 Å². The van der Waals surface area contributed by atoms with Crippen molar-refractivity contribution in [2.24, 2.45) is 12.1 Å². The third kappa shape index (κ3) is 2.45. The maximum absolute atomic E-state index is 13.0. The maximum atomic E-state index is 13.0. The molecule has 0 aromatic carbocycles. The van der Waals surface area contributed by atoms with E-state index >= 15 is 0 Å². The standard InChI is InChI=1S/C16H20N6O4/c1-6-7-20-14(24)12-13(19(4)16(20)25)17-15-21(8-11(23)26-5)18-9(2)10(3)22(12)15/h6,10H,1,7-8H2,2-5H3. The Morgan fingerprint density at radius 2 is 2.08 bits per heavy atom. The van der Waals surface area contributed by atoms with Crippen LogP contribution < -0.4 is 16.3 Å². The molecule has 0 saturated carbocycles. The van der Waals surface area contributed by atoms with Crippen LogP contribution in [0.3, 0.4) is 0 Å². The lowest BCUT2D eigenvalue weighted by Crippen LogP contribution is -2.40. The quantitative estimate of drug-likeness (QED) is 0.562. The molecule has 1 atom stereocenters. The van der Waals surface area contributed by atoms with Crippen LogP contribution in [0.2, 0.25) is 0 Å². The third-order valence-corrected chi connectivity index (χ3v) is 4.48. The Labute approximate surface area is 148 Å². The summed E-state index contributed by atoms with van der Waals surface area (Å²) in [6.07, 6.45) is 1.49. The number of methoxy groups -OCH3 is 1. The zero-order valence-electron chi connectivity index (χ0n) is 15.1. The Morgan fingerprint density at radius 1 is 1.38 bits per heavy atom. The van der Waals surface area contributed by atoms with Crippen LogP contribution in [0.1, 0.15) is 19.9 Å². The van der Waals surface area contributed by atoms with E-state index in [2.05, 4.69) is 16.7 Å². The lowest BCUT2D eigenvalue weighted by atomic mass is 10.2. The summed E-state index contributed by atoms with van der Waals surface area (Å²) in [5, 5.41) is 5.76. The van der Waals surface area contributed by atoms with E-state index in [1.807, 2.05) is 6.92 Å². The second-order valence-corrected chi connectivity index (χ2v) is 6.05. The van der Waals surface area contributed by atoms with E-state index in [9.17, 15) is 14.4 Å². The average Bonchev–Trinajstić information content (AvgIpc) is 3.02. The molecule has 1 unspecified atom stereocenters. The van der Waals surface area contributed by atoms with Gasteiger partial charge in [-0.1, -0.05) is 6.08 Å². The number of hydrazone groups is 1. The molecule has 0 amide bonds. The van der Waals surface area contributed by atoms with Crippen LogP contribution in [-0.4, -0.2) is 44.0 Å². The van der Waals surface area contributed by atoms with Gasteiger partial charge in [0.15, 0.2) is 11.2 Å². The fourth-order valence-corrected chi connectivity index (χ4v) is 2.97. The van der Waals surface area contributed by atoms with Gasteiger partial charge in [-0.3, -0.25) is 23.3 Å². The van der Waals surface area contributed by atoms with E-state index in [1.54, 1.807) is 18.5 Å². The summed E-state index contributed by atoms with van der Waals surface area (Å²) < 4.78 is 8.81. The number of anilines is 1. The van der Waals surface area contributed by atoms with Crippen LogP contribution in [0, 0.1) is 0 Å². The average molecular weight is 360 g/mol. The van der Waals surface area contributed by atoms with Crippen LogP contribution in [0.5, 0.6) is 0 Å². The Bertz CT molecular complexity index is 1060. The number of hydrogen-bond donors (Lipinski definition) is 0. The minimum Gasteiger partial charge on any atom is -0.468 e. The summed E-state index contributed by atoms with van der Waals surface area (Å²) in [7, 11) is 2.83. The minimum absolute atomic E-state index is 0.0925. The number of ether oxygens (including phenoxy) is 1. The highest BCUT2D eigenvalue weighted by Crippen LogP contribution is 2.29. The number of nitrogens with zero attached hydrogens (tertiary/aromatic N) is 6. The molecule has 2 aromatic heterocycles. The lowest BCUT2D eigenvalue weighted by molar-refractivity contribution is -0.139. The number of carbonyl (C=O) groups excluding carboxylic acids is 1. The summed E-state index contributed by atoms with van der Waals surface area (Å²) in [5.41, 5.74) is 0.274. The summed E-state index contributed by atoms with van der Waals surface area (Å²) in [5.74, 6) is -0.181. The summed E-state index contributed by atoms with van der Waals surface area (Å²) in [6, 6.07) is -0.258. The first-order valence-corrected chi connectivity index (χ1v) is 8.03. The van der Waals surface area contributed by atoms with Crippen molar-refractivity contribution < 1.29 is 9.53 Å². The molecule has 1 aliphatic heterocycles. The Balaban J connectivity index is 2.36. The minimum atomic E-state index is -0.493. The molecule has 0 radical (unpaired) electrons. The predicted molar refractivity (Wildman–Crippen MR) is 96.6 cm³/mol. The first-order valence-electron chi connectivity index (χ1n) is 8.03. The second kappa shape index (κ2) is 6.28. The van der Waals surface area contributed by atoms with E-state index in [1.165, 1.54) is 22.8 Å². The van der Waals surface area contributed by atoms with Crippen molar-refractivity contribution in [3.8, 4) is 0 Å². The number of hydrogen-bond acceptors (Lipinski definition) is 7. The Kier molecular flexibility index (Phi) is 4.26. The molecule has 0 spiro atoms. The number of aryl methyl sites for hydroxylation is 1. The molecule has 3 heterocycles. The molecule has 0 saturated heterocycles. The van der Waals surface area contributed by atoms with E-state index < -0.39 is 17.2 Å². The fraction of sp³-hybridized carbons (Fsp3) is 0.438. The molecule has 2 aromatic rings. The first-order chi connectivity index (χ1) is 12.3. The summed E-state index contributed by atoms with van der Waals surface area (Å²) in [4.78, 5) is 41.6. The lowest BCUT2D eigenvalue weighted by Gasteiger charge is -2.28. The monoisotopic (exact) mass is 360 g/mol. The van der Waals surface area contributed by atoms with Crippen molar-refractivity contribution in [3.63, 3.8) is 0 Å². The van der Waals surface area contributed by atoms with Gasteiger partial charge >= 0.3 is 11.7 Å². The van der Waals surface area contributed by atoms with Crippen molar-refractivity contribution in [1.29, 1.82) is 0 Å². The summed E-state index contributed by atoms with van der Waals surface area (Å²) in [6.45, 7) is 7.21. The van der Waals surface area contributed by atoms with Crippen molar-refractivity contribution in [1.82, 2.24) is 18.7 Å². The molecule has 0 bridgehead atoms. The molecular formula is C16H20N6O4. The number of rotatable bonds is 4. The first kappa shape index (κ1) is 17.6. The smallest absolute Gasteiger partial charge is 0.332 e. The normalized spacial score (nSPS) is 16.4. The van der Waals surface area contributed by atoms with Crippen LogP contribution >= 0.6 is 0 Å². The fourth-order valence-electron chi connectivity index (χ4n) is 2.97. The molecule has 26 heavy (non-hydrogen) atoms. The van der Waals surface area contributed by atoms with Crippen LogP contribution in [-0.2, 0) is 23.1 Å². The van der Waals surface area contributed by atoms with Gasteiger partial charge in [-0.05, 0) is 13.8 Å². The zero-order chi connectivity index (χ0) is 19.2. The molecule has 10 nitrogen and oxygen atoms in total. The highest BCUT2D eigenvalue weighted by atomic mass is 16.5. The van der Waals surface area contributed by atoms with Gasteiger partial charge < -0.3 is 4.74 Å². The Hall–Kier alpha value is -3.17. The van der Waals surface area contributed by atoms with Crippen molar-refractivity contribution >= 4 is 28.8 Å². The van der Waals surface area contributed by atoms with Gasteiger partial charge in [-0.15, -0.1) is 6.58 Å². The van der Waals surface area contributed by atoms with Crippen LogP contribution in [0.25, 0.3) is 11.2 Å². The molecule has 138 valence electrons.